The quantitative estimate of drug-likeness (QED) is 0.782. The summed E-state index contributed by atoms with van der Waals surface area (Å²) in [7, 11) is 0. The average molecular weight is 397 g/mol. The van der Waals surface area contributed by atoms with Gasteiger partial charge in [-0.05, 0) is 31.0 Å². The summed E-state index contributed by atoms with van der Waals surface area (Å²) in [5, 5.41) is 11.1. The molecule has 2 heterocycles. The van der Waals surface area contributed by atoms with Gasteiger partial charge in [0, 0.05) is 25.8 Å². The van der Waals surface area contributed by atoms with Crippen molar-refractivity contribution in [3.8, 4) is 5.69 Å². The molecular weight excluding hydrogens is 377 g/mol. The van der Waals surface area contributed by atoms with Crippen LogP contribution in [0.3, 0.4) is 0 Å². The highest BCUT2D eigenvalue weighted by Crippen LogP contribution is 2.14. The first-order chi connectivity index (χ1) is 9.83. The van der Waals surface area contributed by atoms with Gasteiger partial charge in [0.1, 0.15) is 0 Å². The third-order valence-corrected chi connectivity index (χ3v) is 3.30. The lowest BCUT2D eigenvalue weighted by atomic mass is 10.2. The van der Waals surface area contributed by atoms with Crippen LogP contribution in [0.5, 0.6) is 0 Å². The van der Waals surface area contributed by atoms with Gasteiger partial charge in [-0.2, -0.15) is 5.10 Å². The van der Waals surface area contributed by atoms with Crippen LogP contribution in [0.1, 0.15) is 17.7 Å². The largest absolute Gasteiger partial charge is 0.356 e. The zero-order chi connectivity index (χ0) is 13.8. The molecule has 0 bridgehead atoms. The Bertz CT molecular complexity index is 620. The third kappa shape index (κ3) is 3.96. The van der Waals surface area contributed by atoms with Crippen LogP contribution in [0, 0.1) is 6.92 Å². The van der Waals surface area contributed by atoms with E-state index in [0.29, 0.717) is 0 Å². The van der Waals surface area contributed by atoms with Crippen molar-refractivity contribution in [2.24, 2.45) is 4.99 Å². The number of aryl methyl sites for hydroxylation is 1. The molecule has 0 fully saturated rings. The minimum atomic E-state index is 0. The Morgan fingerprint density at radius 2 is 2.14 bits per heavy atom. The van der Waals surface area contributed by atoms with E-state index in [-0.39, 0.29) is 24.0 Å². The number of hydrogen-bond acceptors (Lipinski definition) is 4. The maximum atomic E-state index is 4.48. The summed E-state index contributed by atoms with van der Waals surface area (Å²) in [6.45, 7) is 4.63. The molecule has 3 rings (SSSR count). The van der Waals surface area contributed by atoms with Gasteiger partial charge in [-0.15, -0.1) is 24.0 Å². The van der Waals surface area contributed by atoms with Crippen molar-refractivity contribution in [3.05, 3.63) is 47.8 Å². The van der Waals surface area contributed by atoms with Gasteiger partial charge in [0.05, 0.1) is 11.4 Å². The van der Waals surface area contributed by atoms with E-state index in [1.54, 1.807) is 0 Å². The predicted molar refractivity (Wildman–Crippen MR) is 95.5 cm³/mol. The van der Waals surface area contributed by atoms with Crippen LogP contribution in [-0.4, -0.2) is 28.8 Å². The number of aliphatic imine (C=N–C) groups is 1. The van der Waals surface area contributed by atoms with Gasteiger partial charge in [0.15, 0.2) is 5.96 Å². The molecule has 1 aliphatic heterocycles. The summed E-state index contributed by atoms with van der Waals surface area (Å²) in [6, 6.07) is 10.3. The molecule has 0 spiro atoms. The number of guanidine groups is 1. The molecule has 0 radical (unpaired) electrons. The Hall–Kier alpha value is -1.57. The number of nitrogens with zero attached hydrogens (tertiary/aromatic N) is 3. The highest BCUT2D eigenvalue weighted by atomic mass is 127. The Labute approximate surface area is 141 Å². The van der Waals surface area contributed by atoms with Gasteiger partial charge < -0.3 is 10.6 Å². The van der Waals surface area contributed by atoms with E-state index >= 15 is 0 Å². The summed E-state index contributed by atoms with van der Waals surface area (Å²) in [5.41, 5.74) is 3.32. The lowest BCUT2D eigenvalue weighted by Gasteiger charge is -2.17. The summed E-state index contributed by atoms with van der Waals surface area (Å²) < 4.78 is 1.92. The SMILES string of the molecule is Cc1ccn(-c2ccccc2CNC2=NCCCN2)n1.I. The monoisotopic (exact) mass is 397 g/mol. The topological polar surface area (TPSA) is 54.2 Å². The normalized spacial score (nSPS) is 13.9. The first-order valence-corrected chi connectivity index (χ1v) is 6.96. The third-order valence-electron chi connectivity index (χ3n) is 3.30. The summed E-state index contributed by atoms with van der Waals surface area (Å²) >= 11 is 0. The maximum Gasteiger partial charge on any atom is 0.191 e. The lowest BCUT2D eigenvalue weighted by Crippen LogP contribution is -2.40. The van der Waals surface area contributed by atoms with Crippen LogP contribution in [-0.2, 0) is 6.54 Å². The Morgan fingerprint density at radius 3 is 2.86 bits per heavy atom. The molecule has 0 unspecified atom stereocenters. The van der Waals surface area contributed by atoms with Crippen molar-refractivity contribution in [1.82, 2.24) is 20.4 Å². The minimum absolute atomic E-state index is 0. The van der Waals surface area contributed by atoms with Gasteiger partial charge in [-0.3, -0.25) is 4.99 Å². The molecule has 6 heteroatoms. The van der Waals surface area contributed by atoms with Crippen molar-refractivity contribution < 1.29 is 0 Å². The molecule has 0 amide bonds. The molecule has 0 atom stereocenters. The van der Waals surface area contributed by atoms with Crippen LogP contribution in [0.15, 0.2) is 41.5 Å². The molecular formula is C15H20IN5. The molecule has 21 heavy (non-hydrogen) atoms. The lowest BCUT2D eigenvalue weighted by molar-refractivity contribution is 0.700. The number of aromatic nitrogens is 2. The summed E-state index contributed by atoms with van der Waals surface area (Å²) in [6.07, 6.45) is 3.10. The zero-order valence-electron chi connectivity index (χ0n) is 12.0. The molecule has 112 valence electrons. The van der Waals surface area contributed by atoms with E-state index in [9.17, 15) is 0 Å². The highest BCUT2D eigenvalue weighted by Gasteiger charge is 2.07. The zero-order valence-corrected chi connectivity index (χ0v) is 14.4. The fourth-order valence-electron chi connectivity index (χ4n) is 2.26. The molecule has 1 aromatic carbocycles. The number of benzene rings is 1. The fraction of sp³-hybridized carbons (Fsp3) is 0.333. The number of rotatable bonds is 3. The van der Waals surface area contributed by atoms with E-state index in [0.717, 1.165) is 43.4 Å². The first-order valence-electron chi connectivity index (χ1n) is 6.96. The second kappa shape index (κ2) is 7.44. The van der Waals surface area contributed by atoms with Crippen LogP contribution in [0.4, 0.5) is 0 Å². The number of halogens is 1. The second-order valence-electron chi connectivity index (χ2n) is 4.89. The Balaban J connectivity index is 0.00000161. The van der Waals surface area contributed by atoms with Crippen molar-refractivity contribution in [1.29, 1.82) is 0 Å². The minimum Gasteiger partial charge on any atom is -0.356 e. The highest BCUT2D eigenvalue weighted by molar-refractivity contribution is 14.0. The van der Waals surface area contributed by atoms with E-state index < -0.39 is 0 Å². The van der Waals surface area contributed by atoms with E-state index in [4.69, 9.17) is 0 Å². The van der Waals surface area contributed by atoms with E-state index in [2.05, 4.69) is 32.9 Å². The predicted octanol–water partition coefficient (Wildman–Crippen LogP) is 2.24. The Kier molecular flexibility index (Phi) is 5.60. The molecule has 2 aromatic rings. The molecule has 2 N–H and O–H groups in total. The summed E-state index contributed by atoms with van der Waals surface area (Å²) in [5.74, 6) is 0.891. The average Bonchev–Trinajstić information content (AvgIpc) is 2.93. The number of para-hydroxylation sites is 1. The van der Waals surface area contributed by atoms with Crippen LogP contribution >= 0.6 is 24.0 Å². The van der Waals surface area contributed by atoms with Crippen molar-refractivity contribution in [3.63, 3.8) is 0 Å². The molecule has 1 aromatic heterocycles. The van der Waals surface area contributed by atoms with Gasteiger partial charge in [-0.1, -0.05) is 18.2 Å². The van der Waals surface area contributed by atoms with Crippen LogP contribution in [0.2, 0.25) is 0 Å². The maximum absolute atomic E-state index is 4.48. The van der Waals surface area contributed by atoms with Gasteiger partial charge in [-0.25, -0.2) is 4.68 Å². The Morgan fingerprint density at radius 1 is 1.29 bits per heavy atom. The number of nitrogens with one attached hydrogen (secondary N) is 2. The molecule has 1 aliphatic rings. The van der Waals surface area contributed by atoms with Crippen molar-refractivity contribution in [2.75, 3.05) is 13.1 Å². The van der Waals surface area contributed by atoms with Crippen LogP contribution < -0.4 is 10.6 Å². The standard InChI is InChI=1S/C15H19N5.HI/c1-12-7-10-20(19-12)14-6-3-2-5-13(14)11-18-15-16-8-4-9-17-15;/h2-3,5-7,10H,4,8-9,11H2,1H3,(H2,16,17,18);1H. The van der Waals surface area contributed by atoms with Gasteiger partial charge in [0.2, 0.25) is 0 Å². The first kappa shape index (κ1) is 15.8. The van der Waals surface area contributed by atoms with Crippen molar-refractivity contribution in [2.45, 2.75) is 19.9 Å². The molecule has 0 aliphatic carbocycles. The number of hydrogen-bond donors (Lipinski definition) is 2. The molecule has 0 saturated heterocycles. The fourth-order valence-corrected chi connectivity index (χ4v) is 2.26. The van der Waals surface area contributed by atoms with Gasteiger partial charge >= 0.3 is 0 Å². The second-order valence-corrected chi connectivity index (χ2v) is 4.89. The van der Waals surface area contributed by atoms with E-state index in [1.807, 2.05) is 36.0 Å². The smallest absolute Gasteiger partial charge is 0.191 e. The molecule has 0 saturated carbocycles. The van der Waals surface area contributed by atoms with Crippen LogP contribution in [0.25, 0.3) is 5.69 Å². The van der Waals surface area contributed by atoms with E-state index in [1.165, 1.54) is 5.56 Å². The van der Waals surface area contributed by atoms with Gasteiger partial charge in [0.25, 0.3) is 0 Å². The summed E-state index contributed by atoms with van der Waals surface area (Å²) in [4.78, 5) is 4.42. The molecule has 5 nitrogen and oxygen atoms in total. The van der Waals surface area contributed by atoms with Crippen molar-refractivity contribution >= 4 is 29.9 Å².